The van der Waals surface area contributed by atoms with Crippen molar-refractivity contribution >= 4 is 15.9 Å². The van der Waals surface area contributed by atoms with Crippen LogP contribution in [0.5, 0.6) is 0 Å². The lowest BCUT2D eigenvalue weighted by Gasteiger charge is -2.21. The molecular formula is C12H16BrNO. The minimum absolute atomic E-state index is 0.316. The number of halogens is 1. The SMILES string of the molecule is NCC(c1ccc(Br)cc1)C1CCCO1. The van der Waals surface area contributed by atoms with E-state index in [0.717, 1.165) is 23.9 Å². The molecule has 1 fully saturated rings. The van der Waals surface area contributed by atoms with E-state index in [1.165, 1.54) is 5.56 Å². The second-order valence-electron chi connectivity index (χ2n) is 3.95. The van der Waals surface area contributed by atoms with E-state index in [4.69, 9.17) is 10.5 Å². The van der Waals surface area contributed by atoms with Crippen LogP contribution in [0.4, 0.5) is 0 Å². The summed E-state index contributed by atoms with van der Waals surface area (Å²) in [7, 11) is 0. The number of ether oxygens (including phenoxy) is 1. The normalized spacial score (nSPS) is 22.9. The van der Waals surface area contributed by atoms with Crippen molar-refractivity contribution in [3.8, 4) is 0 Å². The molecule has 0 saturated carbocycles. The summed E-state index contributed by atoms with van der Waals surface area (Å²) in [5.41, 5.74) is 7.12. The Hall–Kier alpha value is -0.380. The maximum Gasteiger partial charge on any atom is 0.0656 e. The molecule has 2 unspecified atom stereocenters. The monoisotopic (exact) mass is 269 g/mol. The molecule has 2 rings (SSSR count). The van der Waals surface area contributed by atoms with Crippen molar-refractivity contribution < 1.29 is 4.74 Å². The Bertz CT molecular complexity index is 306. The van der Waals surface area contributed by atoms with Crippen molar-refractivity contribution in [3.63, 3.8) is 0 Å². The molecule has 0 amide bonds. The van der Waals surface area contributed by atoms with Crippen molar-refractivity contribution in [1.29, 1.82) is 0 Å². The summed E-state index contributed by atoms with van der Waals surface area (Å²) < 4.78 is 6.80. The summed E-state index contributed by atoms with van der Waals surface area (Å²) in [5.74, 6) is 0.348. The van der Waals surface area contributed by atoms with Gasteiger partial charge in [0.1, 0.15) is 0 Å². The number of hydrogen-bond acceptors (Lipinski definition) is 2. The first kappa shape index (κ1) is 11.1. The standard InChI is InChI=1S/C12H16BrNO/c13-10-5-3-9(4-6-10)11(8-14)12-2-1-7-15-12/h3-6,11-12H,1-2,7-8,14H2. The zero-order chi connectivity index (χ0) is 10.7. The molecule has 0 bridgehead atoms. The summed E-state index contributed by atoms with van der Waals surface area (Å²) in [6.45, 7) is 1.55. The smallest absolute Gasteiger partial charge is 0.0656 e. The van der Waals surface area contributed by atoms with Crippen molar-refractivity contribution in [2.45, 2.75) is 24.9 Å². The van der Waals surface area contributed by atoms with Gasteiger partial charge in [-0.2, -0.15) is 0 Å². The number of benzene rings is 1. The van der Waals surface area contributed by atoms with Crippen LogP contribution in [-0.4, -0.2) is 19.3 Å². The summed E-state index contributed by atoms with van der Waals surface area (Å²) in [5, 5.41) is 0. The molecule has 1 heterocycles. The van der Waals surface area contributed by atoms with Crippen LogP contribution >= 0.6 is 15.9 Å². The largest absolute Gasteiger partial charge is 0.378 e. The Morgan fingerprint density at radius 2 is 2.13 bits per heavy atom. The predicted molar refractivity (Wildman–Crippen MR) is 64.9 cm³/mol. The van der Waals surface area contributed by atoms with E-state index in [-0.39, 0.29) is 0 Å². The molecule has 1 saturated heterocycles. The Kier molecular flexibility index (Phi) is 3.78. The minimum Gasteiger partial charge on any atom is -0.378 e. The van der Waals surface area contributed by atoms with E-state index < -0.39 is 0 Å². The second kappa shape index (κ2) is 5.10. The molecule has 0 spiro atoms. The molecule has 2 nitrogen and oxygen atoms in total. The van der Waals surface area contributed by atoms with Gasteiger partial charge in [0, 0.05) is 23.5 Å². The summed E-state index contributed by atoms with van der Waals surface area (Å²) in [4.78, 5) is 0. The average molecular weight is 270 g/mol. The lowest BCUT2D eigenvalue weighted by Crippen LogP contribution is -2.25. The predicted octanol–water partition coefficient (Wildman–Crippen LogP) is 2.67. The van der Waals surface area contributed by atoms with Gasteiger partial charge in [0.05, 0.1) is 6.10 Å². The average Bonchev–Trinajstić information content (AvgIpc) is 2.75. The maximum absolute atomic E-state index is 5.83. The molecule has 1 aromatic carbocycles. The van der Waals surface area contributed by atoms with Gasteiger partial charge in [-0.15, -0.1) is 0 Å². The summed E-state index contributed by atoms with van der Waals surface area (Å²) >= 11 is 3.44. The van der Waals surface area contributed by atoms with E-state index in [2.05, 4.69) is 40.2 Å². The molecule has 82 valence electrons. The van der Waals surface area contributed by atoms with E-state index in [0.29, 0.717) is 18.6 Å². The lowest BCUT2D eigenvalue weighted by atomic mass is 9.92. The van der Waals surface area contributed by atoms with Crippen LogP contribution in [0, 0.1) is 0 Å². The van der Waals surface area contributed by atoms with Crippen molar-refractivity contribution in [2.24, 2.45) is 5.73 Å². The van der Waals surface area contributed by atoms with Crippen LogP contribution < -0.4 is 5.73 Å². The molecule has 1 aliphatic rings. The van der Waals surface area contributed by atoms with Crippen molar-refractivity contribution in [2.75, 3.05) is 13.2 Å². The molecule has 1 aliphatic heterocycles. The fourth-order valence-corrected chi connectivity index (χ4v) is 2.40. The third-order valence-electron chi connectivity index (χ3n) is 2.97. The van der Waals surface area contributed by atoms with Crippen LogP contribution in [0.25, 0.3) is 0 Å². The van der Waals surface area contributed by atoms with Gasteiger partial charge in [-0.3, -0.25) is 0 Å². The van der Waals surface area contributed by atoms with Crippen LogP contribution in [-0.2, 0) is 4.74 Å². The summed E-state index contributed by atoms with van der Waals surface area (Å²) in [6.07, 6.45) is 2.62. The van der Waals surface area contributed by atoms with Gasteiger partial charge in [-0.05, 0) is 30.5 Å². The number of rotatable bonds is 3. The summed E-state index contributed by atoms with van der Waals surface area (Å²) in [6, 6.07) is 8.38. The van der Waals surface area contributed by atoms with Gasteiger partial charge in [0.25, 0.3) is 0 Å². The van der Waals surface area contributed by atoms with Crippen LogP contribution in [0.1, 0.15) is 24.3 Å². The first-order chi connectivity index (χ1) is 7.31. The quantitative estimate of drug-likeness (QED) is 0.916. The molecule has 2 N–H and O–H groups in total. The highest BCUT2D eigenvalue weighted by Gasteiger charge is 2.25. The van der Waals surface area contributed by atoms with Gasteiger partial charge >= 0.3 is 0 Å². The lowest BCUT2D eigenvalue weighted by molar-refractivity contribution is 0.0905. The van der Waals surface area contributed by atoms with E-state index in [1.54, 1.807) is 0 Å². The zero-order valence-corrected chi connectivity index (χ0v) is 10.2. The molecule has 1 aromatic rings. The highest BCUT2D eigenvalue weighted by molar-refractivity contribution is 9.10. The van der Waals surface area contributed by atoms with E-state index >= 15 is 0 Å². The molecule has 15 heavy (non-hydrogen) atoms. The van der Waals surface area contributed by atoms with Crippen LogP contribution in [0.15, 0.2) is 28.7 Å². The van der Waals surface area contributed by atoms with Crippen LogP contribution in [0.3, 0.4) is 0 Å². The number of hydrogen-bond donors (Lipinski definition) is 1. The molecule has 0 aromatic heterocycles. The Labute approximate surface area is 98.9 Å². The van der Waals surface area contributed by atoms with Crippen molar-refractivity contribution in [3.05, 3.63) is 34.3 Å². The molecule has 2 atom stereocenters. The fourth-order valence-electron chi connectivity index (χ4n) is 2.13. The number of nitrogens with two attached hydrogens (primary N) is 1. The minimum atomic E-state index is 0.316. The second-order valence-corrected chi connectivity index (χ2v) is 4.86. The molecule has 0 radical (unpaired) electrons. The first-order valence-electron chi connectivity index (χ1n) is 5.38. The Morgan fingerprint density at radius 3 is 2.67 bits per heavy atom. The van der Waals surface area contributed by atoms with E-state index in [9.17, 15) is 0 Å². The van der Waals surface area contributed by atoms with Gasteiger partial charge in [-0.25, -0.2) is 0 Å². The van der Waals surface area contributed by atoms with Crippen LogP contribution in [0.2, 0.25) is 0 Å². The zero-order valence-electron chi connectivity index (χ0n) is 8.66. The van der Waals surface area contributed by atoms with Gasteiger partial charge < -0.3 is 10.5 Å². The fraction of sp³-hybridized carbons (Fsp3) is 0.500. The topological polar surface area (TPSA) is 35.2 Å². The molecular weight excluding hydrogens is 254 g/mol. The van der Waals surface area contributed by atoms with E-state index in [1.807, 2.05) is 0 Å². The molecule has 3 heteroatoms. The highest BCUT2D eigenvalue weighted by atomic mass is 79.9. The first-order valence-corrected chi connectivity index (χ1v) is 6.17. The Morgan fingerprint density at radius 1 is 1.40 bits per heavy atom. The van der Waals surface area contributed by atoms with Gasteiger partial charge in [0.2, 0.25) is 0 Å². The third-order valence-corrected chi connectivity index (χ3v) is 3.49. The Balaban J connectivity index is 2.14. The van der Waals surface area contributed by atoms with Gasteiger partial charge in [0.15, 0.2) is 0 Å². The van der Waals surface area contributed by atoms with Crippen molar-refractivity contribution in [1.82, 2.24) is 0 Å². The molecule has 0 aliphatic carbocycles. The highest BCUT2D eigenvalue weighted by Crippen LogP contribution is 2.28. The third kappa shape index (κ3) is 2.60. The van der Waals surface area contributed by atoms with Gasteiger partial charge in [-0.1, -0.05) is 28.1 Å². The maximum atomic E-state index is 5.83.